The third kappa shape index (κ3) is 3.25. The summed E-state index contributed by atoms with van der Waals surface area (Å²) >= 11 is 0. The molecule has 0 atom stereocenters. The predicted molar refractivity (Wildman–Crippen MR) is 139 cm³/mol. The van der Waals surface area contributed by atoms with E-state index in [4.69, 9.17) is 4.74 Å². The Bertz CT molecular complexity index is 1400. The number of hydrogen-bond acceptors (Lipinski definition) is 1. The van der Waals surface area contributed by atoms with Crippen LogP contribution in [0.25, 0.3) is 11.3 Å². The largest absolute Gasteiger partial charge is 0.472 e. The third-order valence-electron chi connectivity index (χ3n) is 6.52. The standard InChI is InChI=1S/C33H24O/c1-5-15-25(16-6-1)31-29-23-13-14-24-30(29)33(27-19-9-3-10-20-27,28-21-11-4-12-22-28)34-32(31)26-17-7-2-8-18-26/h1-24H. The number of hydrogen-bond donors (Lipinski definition) is 0. The molecular weight excluding hydrogens is 412 g/mol. The molecule has 0 saturated heterocycles. The fourth-order valence-corrected chi connectivity index (χ4v) is 5.01. The van der Waals surface area contributed by atoms with Gasteiger partial charge in [0.2, 0.25) is 0 Å². The number of rotatable bonds is 4. The predicted octanol–water partition coefficient (Wildman–Crippen LogP) is 7.93. The molecule has 0 fully saturated rings. The highest BCUT2D eigenvalue weighted by Crippen LogP contribution is 2.52. The van der Waals surface area contributed by atoms with Crippen molar-refractivity contribution in [1.82, 2.24) is 0 Å². The zero-order valence-electron chi connectivity index (χ0n) is 18.8. The van der Waals surface area contributed by atoms with E-state index in [2.05, 4.69) is 140 Å². The van der Waals surface area contributed by atoms with Crippen LogP contribution in [0.2, 0.25) is 0 Å². The van der Waals surface area contributed by atoms with Crippen LogP contribution in [0.1, 0.15) is 33.4 Å². The van der Waals surface area contributed by atoms with Gasteiger partial charge in [0.25, 0.3) is 0 Å². The smallest absolute Gasteiger partial charge is 0.185 e. The molecule has 0 bridgehead atoms. The van der Waals surface area contributed by atoms with Gasteiger partial charge in [-0.1, -0.05) is 146 Å². The summed E-state index contributed by atoms with van der Waals surface area (Å²) in [6.45, 7) is 0. The van der Waals surface area contributed by atoms with E-state index >= 15 is 0 Å². The summed E-state index contributed by atoms with van der Waals surface area (Å²) in [7, 11) is 0. The van der Waals surface area contributed by atoms with Crippen LogP contribution in [0, 0.1) is 0 Å². The molecule has 0 unspecified atom stereocenters. The van der Waals surface area contributed by atoms with E-state index in [0.29, 0.717) is 0 Å². The zero-order chi connectivity index (χ0) is 22.8. The van der Waals surface area contributed by atoms with Gasteiger partial charge in [-0.2, -0.15) is 0 Å². The summed E-state index contributed by atoms with van der Waals surface area (Å²) < 4.78 is 7.31. The first kappa shape index (κ1) is 20.3. The number of fused-ring (bicyclic) bond motifs is 1. The minimum atomic E-state index is -0.775. The molecule has 1 aliphatic rings. The van der Waals surface area contributed by atoms with Gasteiger partial charge in [0, 0.05) is 27.8 Å². The fourth-order valence-electron chi connectivity index (χ4n) is 5.01. The lowest BCUT2D eigenvalue weighted by atomic mass is 9.74. The Labute approximate surface area is 200 Å². The van der Waals surface area contributed by atoms with Gasteiger partial charge in [0.05, 0.1) is 0 Å². The van der Waals surface area contributed by atoms with Crippen molar-refractivity contribution in [2.45, 2.75) is 5.60 Å². The third-order valence-corrected chi connectivity index (χ3v) is 6.52. The van der Waals surface area contributed by atoms with Gasteiger partial charge in [-0.05, 0) is 11.1 Å². The fraction of sp³-hybridized carbons (Fsp3) is 0.0303. The van der Waals surface area contributed by atoms with Crippen molar-refractivity contribution < 1.29 is 4.74 Å². The summed E-state index contributed by atoms with van der Waals surface area (Å²) in [5.74, 6) is 0.887. The average Bonchev–Trinajstić information content (AvgIpc) is 2.94. The Morgan fingerprint density at radius 1 is 0.412 bits per heavy atom. The van der Waals surface area contributed by atoms with E-state index in [1.807, 2.05) is 6.07 Å². The highest BCUT2D eigenvalue weighted by atomic mass is 16.5. The van der Waals surface area contributed by atoms with Crippen molar-refractivity contribution in [3.63, 3.8) is 0 Å². The molecule has 5 aromatic carbocycles. The molecule has 0 aliphatic carbocycles. The molecule has 1 aliphatic heterocycles. The highest BCUT2D eigenvalue weighted by molar-refractivity contribution is 5.99. The maximum atomic E-state index is 7.31. The second kappa shape index (κ2) is 8.53. The van der Waals surface area contributed by atoms with Gasteiger partial charge in [0.1, 0.15) is 5.76 Å². The highest BCUT2D eigenvalue weighted by Gasteiger charge is 2.45. The number of ether oxygens (including phenoxy) is 1. The van der Waals surface area contributed by atoms with E-state index in [-0.39, 0.29) is 0 Å². The van der Waals surface area contributed by atoms with Crippen LogP contribution in [0.3, 0.4) is 0 Å². The molecule has 0 spiro atoms. The minimum Gasteiger partial charge on any atom is -0.472 e. The van der Waals surface area contributed by atoms with E-state index in [1.54, 1.807) is 0 Å². The Hall–Kier alpha value is -4.36. The Kier molecular flexibility index (Phi) is 5.08. The maximum absolute atomic E-state index is 7.31. The first-order valence-corrected chi connectivity index (χ1v) is 11.6. The molecule has 0 radical (unpaired) electrons. The molecule has 34 heavy (non-hydrogen) atoms. The van der Waals surface area contributed by atoms with Gasteiger partial charge in [-0.15, -0.1) is 0 Å². The van der Waals surface area contributed by atoms with Crippen molar-refractivity contribution in [3.8, 4) is 0 Å². The Morgan fingerprint density at radius 2 is 0.853 bits per heavy atom. The lowest BCUT2D eigenvalue weighted by Gasteiger charge is -2.42. The second-order valence-electron chi connectivity index (χ2n) is 8.50. The van der Waals surface area contributed by atoms with Gasteiger partial charge in [-0.25, -0.2) is 0 Å². The summed E-state index contributed by atoms with van der Waals surface area (Å²) in [5, 5.41) is 0. The van der Waals surface area contributed by atoms with E-state index in [9.17, 15) is 0 Å². The first-order chi connectivity index (χ1) is 16.9. The first-order valence-electron chi connectivity index (χ1n) is 11.6. The number of benzene rings is 5. The Morgan fingerprint density at radius 3 is 1.41 bits per heavy atom. The van der Waals surface area contributed by atoms with Crippen molar-refractivity contribution in [2.24, 2.45) is 0 Å². The lowest BCUT2D eigenvalue weighted by Crippen LogP contribution is -2.36. The quantitative estimate of drug-likeness (QED) is 0.278. The Balaban J connectivity index is 1.74. The van der Waals surface area contributed by atoms with Gasteiger partial charge in [0.15, 0.2) is 5.60 Å². The average molecular weight is 437 g/mol. The van der Waals surface area contributed by atoms with Crippen LogP contribution in [0.5, 0.6) is 0 Å². The molecular formula is C33H24O. The normalized spacial score (nSPS) is 14.2. The van der Waals surface area contributed by atoms with Gasteiger partial charge in [-0.3, -0.25) is 0 Å². The van der Waals surface area contributed by atoms with Crippen LogP contribution in [0.4, 0.5) is 0 Å². The van der Waals surface area contributed by atoms with Crippen molar-refractivity contribution in [2.75, 3.05) is 0 Å². The van der Waals surface area contributed by atoms with Crippen LogP contribution >= 0.6 is 0 Å². The molecule has 0 N–H and O–H groups in total. The molecule has 1 heterocycles. The van der Waals surface area contributed by atoms with Crippen LogP contribution in [0.15, 0.2) is 146 Å². The summed E-state index contributed by atoms with van der Waals surface area (Å²) in [4.78, 5) is 0. The summed E-state index contributed by atoms with van der Waals surface area (Å²) in [6.07, 6.45) is 0. The van der Waals surface area contributed by atoms with Crippen LogP contribution in [-0.4, -0.2) is 0 Å². The summed E-state index contributed by atoms with van der Waals surface area (Å²) in [5.41, 5.74) is 7.09. The van der Waals surface area contributed by atoms with E-state index in [1.165, 1.54) is 5.56 Å². The van der Waals surface area contributed by atoms with Gasteiger partial charge < -0.3 is 4.74 Å². The van der Waals surface area contributed by atoms with Gasteiger partial charge >= 0.3 is 0 Å². The second-order valence-corrected chi connectivity index (χ2v) is 8.50. The minimum absolute atomic E-state index is 0.775. The van der Waals surface area contributed by atoms with E-state index in [0.717, 1.165) is 39.1 Å². The topological polar surface area (TPSA) is 9.23 Å². The van der Waals surface area contributed by atoms with Crippen molar-refractivity contribution in [1.29, 1.82) is 0 Å². The van der Waals surface area contributed by atoms with Crippen molar-refractivity contribution in [3.05, 3.63) is 179 Å². The summed E-state index contributed by atoms with van der Waals surface area (Å²) in [6, 6.07) is 50.8. The van der Waals surface area contributed by atoms with Crippen molar-refractivity contribution >= 4 is 11.3 Å². The molecule has 0 aromatic heterocycles. The monoisotopic (exact) mass is 436 g/mol. The molecule has 1 heteroatoms. The molecule has 6 rings (SSSR count). The molecule has 1 nitrogen and oxygen atoms in total. The van der Waals surface area contributed by atoms with Crippen LogP contribution < -0.4 is 0 Å². The molecule has 162 valence electrons. The molecule has 0 amide bonds. The molecule has 0 saturated carbocycles. The lowest BCUT2D eigenvalue weighted by molar-refractivity contribution is 0.116. The van der Waals surface area contributed by atoms with E-state index < -0.39 is 5.60 Å². The zero-order valence-corrected chi connectivity index (χ0v) is 18.8. The maximum Gasteiger partial charge on any atom is 0.185 e. The molecule has 5 aromatic rings. The van der Waals surface area contributed by atoms with Crippen LogP contribution in [-0.2, 0) is 10.3 Å². The SMILES string of the molecule is c1ccc(C2=C(c3ccccc3)c3ccccc3C(c3ccccc3)(c3ccccc3)O2)cc1.